The molecule has 1 fully saturated rings. The molecule has 0 unspecified atom stereocenters. The first-order valence-corrected chi connectivity index (χ1v) is 10.4. The van der Waals surface area contributed by atoms with Gasteiger partial charge in [-0.15, -0.1) is 0 Å². The summed E-state index contributed by atoms with van der Waals surface area (Å²) in [4.78, 5) is 32.8. The molecule has 0 aliphatic carbocycles. The zero-order chi connectivity index (χ0) is 22.9. The second kappa shape index (κ2) is 8.76. The molecule has 3 heterocycles. The van der Waals surface area contributed by atoms with Gasteiger partial charge < -0.3 is 4.90 Å². The van der Waals surface area contributed by atoms with Crippen LogP contribution >= 0.6 is 11.3 Å². The van der Waals surface area contributed by atoms with Gasteiger partial charge in [0.2, 0.25) is 0 Å². The molecule has 168 valence electrons. The highest BCUT2D eigenvalue weighted by molar-refractivity contribution is 7.22. The lowest BCUT2D eigenvalue weighted by molar-refractivity contribution is -0.383. The molecule has 32 heavy (non-hydrogen) atoms. The van der Waals surface area contributed by atoms with Crippen molar-refractivity contribution in [2.24, 2.45) is 0 Å². The zero-order valence-electron chi connectivity index (χ0n) is 16.5. The van der Waals surface area contributed by atoms with Crippen molar-refractivity contribution in [3.05, 3.63) is 68.3 Å². The molecule has 0 saturated carbocycles. The minimum atomic E-state index is -4.81. The van der Waals surface area contributed by atoms with Crippen LogP contribution in [0, 0.1) is 10.1 Å². The van der Waals surface area contributed by atoms with Gasteiger partial charge in [-0.2, -0.15) is 18.2 Å². The number of anilines is 1. The van der Waals surface area contributed by atoms with Crippen molar-refractivity contribution in [2.45, 2.75) is 12.7 Å². The first kappa shape index (κ1) is 22.0. The molecular formula is C19H17F3N6O3S. The fourth-order valence-corrected chi connectivity index (χ4v) is 4.45. The van der Waals surface area contributed by atoms with Crippen molar-refractivity contribution < 1.29 is 18.1 Å². The molecule has 2 aromatic heterocycles. The van der Waals surface area contributed by atoms with Crippen LogP contribution in [0.4, 0.5) is 24.0 Å². The van der Waals surface area contributed by atoms with Crippen LogP contribution in [-0.2, 0) is 12.7 Å². The van der Waals surface area contributed by atoms with E-state index in [2.05, 4.69) is 15.4 Å². The standard InChI is InChI=1S/C19H17F3N6O3S/c20-19(21,22)13-8-14-16(15(9-13)28(30)31)32-18(25-17(14)29)26-4-6-27(7-5-26)24-11-12-2-1-3-23-10-12/h1-3,8-10,24H,4-7,11H2. The second-order valence-corrected chi connectivity index (χ2v) is 8.08. The smallest absolute Gasteiger partial charge is 0.345 e. The van der Waals surface area contributed by atoms with Gasteiger partial charge in [-0.3, -0.25) is 25.3 Å². The summed E-state index contributed by atoms with van der Waals surface area (Å²) in [6.45, 7) is 2.76. The quantitative estimate of drug-likeness (QED) is 0.452. The molecule has 1 aliphatic heterocycles. The lowest BCUT2D eigenvalue weighted by Gasteiger charge is -2.35. The van der Waals surface area contributed by atoms with E-state index in [0.29, 0.717) is 44.9 Å². The van der Waals surface area contributed by atoms with Crippen molar-refractivity contribution in [1.82, 2.24) is 20.4 Å². The first-order valence-electron chi connectivity index (χ1n) is 9.55. The summed E-state index contributed by atoms with van der Waals surface area (Å²) < 4.78 is 39.2. The SMILES string of the molecule is O=c1nc(N2CCN(NCc3cccnc3)CC2)sc2c([N+](=O)[O-])cc(C(F)(F)F)cc12. The van der Waals surface area contributed by atoms with Crippen LogP contribution in [-0.4, -0.2) is 46.1 Å². The molecule has 0 radical (unpaired) electrons. The normalized spacial score (nSPS) is 15.3. The number of halogens is 3. The van der Waals surface area contributed by atoms with E-state index in [4.69, 9.17) is 0 Å². The van der Waals surface area contributed by atoms with Crippen LogP contribution in [0.25, 0.3) is 10.1 Å². The molecule has 13 heteroatoms. The lowest BCUT2D eigenvalue weighted by atomic mass is 10.1. The van der Waals surface area contributed by atoms with E-state index in [1.54, 1.807) is 17.3 Å². The topological polar surface area (TPSA) is 104 Å². The number of benzene rings is 1. The molecule has 0 amide bonds. The van der Waals surface area contributed by atoms with Gasteiger partial charge in [0, 0.05) is 51.2 Å². The maximum Gasteiger partial charge on any atom is 0.416 e. The van der Waals surface area contributed by atoms with Crippen molar-refractivity contribution >= 4 is 32.2 Å². The largest absolute Gasteiger partial charge is 0.416 e. The summed E-state index contributed by atoms with van der Waals surface area (Å²) in [5.41, 5.74) is 1.39. The van der Waals surface area contributed by atoms with Crippen LogP contribution < -0.4 is 15.9 Å². The van der Waals surface area contributed by atoms with Gasteiger partial charge in [0.15, 0.2) is 5.13 Å². The second-order valence-electron chi connectivity index (χ2n) is 7.10. The number of nitrogens with one attached hydrogen (secondary N) is 1. The Bertz CT molecular complexity index is 1200. The summed E-state index contributed by atoms with van der Waals surface area (Å²) in [6.07, 6.45) is -1.36. The maximum absolute atomic E-state index is 13.1. The third-order valence-electron chi connectivity index (χ3n) is 4.99. The third-order valence-corrected chi connectivity index (χ3v) is 6.16. The Labute approximate surface area is 183 Å². The molecule has 1 N–H and O–H groups in total. The van der Waals surface area contributed by atoms with E-state index in [9.17, 15) is 28.1 Å². The predicted molar refractivity (Wildman–Crippen MR) is 112 cm³/mol. The average molecular weight is 466 g/mol. The molecule has 0 bridgehead atoms. The number of alkyl halides is 3. The molecule has 4 rings (SSSR count). The van der Waals surface area contributed by atoms with Gasteiger partial charge in [-0.05, 0) is 17.7 Å². The number of fused-ring (bicyclic) bond motifs is 1. The molecule has 9 nitrogen and oxygen atoms in total. The number of pyridine rings is 1. The Kier molecular flexibility index (Phi) is 6.04. The summed E-state index contributed by atoms with van der Waals surface area (Å²) in [5, 5.41) is 13.3. The summed E-state index contributed by atoms with van der Waals surface area (Å²) in [5.74, 6) is 0. The van der Waals surface area contributed by atoms with Crippen molar-refractivity contribution in [3.63, 3.8) is 0 Å². The average Bonchev–Trinajstić information content (AvgIpc) is 2.77. The molecule has 1 aliphatic rings. The predicted octanol–water partition coefficient (Wildman–Crippen LogP) is 2.81. The third kappa shape index (κ3) is 4.69. The number of non-ortho nitro benzene ring substituents is 1. The summed E-state index contributed by atoms with van der Waals surface area (Å²) >= 11 is 0.852. The Hall–Kier alpha value is -3.16. The Morgan fingerprint density at radius 1 is 1.22 bits per heavy atom. The van der Waals surface area contributed by atoms with Gasteiger partial charge in [0.25, 0.3) is 11.2 Å². The number of nitro groups is 1. The number of nitro benzene ring substituents is 1. The molecule has 3 aromatic rings. The number of piperazine rings is 1. The minimum Gasteiger partial charge on any atom is -0.345 e. The molecular weight excluding hydrogens is 449 g/mol. The number of aromatic nitrogens is 2. The van der Waals surface area contributed by atoms with Crippen LogP contribution in [0.1, 0.15) is 11.1 Å². The van der Waals surface area contributed by atoms with Gasteiger partial charge in [-0.1, -0.05) is 17.4 Å². The summed E-state index contributed by atoms with van der Waals surface area (Å²) in [6, 6.07) is 4.88. The van der Waals surface area contributed by atoms with E-state index in [0.717, 1.165) is 16.9 Å². The number of hydrogen-bond donors (Lipinski definition) is 1. The molecule has 1 aromatic carbocycles. The number of nitrogens with zero attached hydrogens (tertiary/aromatic N) is 5. The minimum absolute atomic E-state index is 0.116. The van der Waals surface area contributed by atoms with Crippen molar-refractivity contribution in [2.75, 3.05) is 31.1 Å². The van der Waals surface area contributed by atoms with Crippen molar-refractivity contribution in [1.29, 1.82) is 0 Å². The first-order chi connectivity index (χ1) is 15.2. The van der Waals surface area contributed by atoms with Gasteiger partial charge in [-0.25, -0.2) is 5.01 Å². The monoisotopic (exact) mass is 466 g/mol. The van der Waals surface area contributed by atoms with Crippen LogP contribution in [0.5, 0.6) is 0 Å². The van der Waals surface area contributed by atoms with E-state index in [-0.39, 0.29) is 9.83 Å². The Balaban J connectivity index is 1.54. The highest BCUT2D eigenvalue weighted by Gasteiger charge is 2.34. The number of hydrazine groups is 1. The molecule has 1 saturated heterocycles. The van der Waals surface area contributed by atoms with E-state index >= 15 is 0 Å². The van der Waals surface area contributed by atoms with Crippen LogP contribution in [0.3, 0.4) is 0 Å². The fraction of sp³-hybridized carbons (Fsp3) is 0.316. The Morgan fingerprint density at radius 2 is 1.97 bits per heavy atom. The van der Waals surface area contributed by atoms with E-state index in [1.807, 2.05) is 17.1 Å². The van der Waals surface area contributed by atoms with Crippen molar-refractivity contribution in [3.8, 4) is 0 Å². The number of hydrogen-bond acceptors (Lipinski definition) is 9. The lowest BCUT2D eigenvalue weighted by Crippen LogP contribution is -2.52. The van der Waals surface area contributed by atoms with Gasteiger partial charge in [0.05, 0.1) is 15.9 Å². The van der Waals surface area contributed by atoms with E-state index in [1.165, 1.54) is 0 Å². The fourth-order valence-electron chi connectivity index (χ4n) is 3.34. The van der Waals surface area contributed by atoms with Crippen LogP contribution in [0.15, 0.2) is 41.5 Å². The Morgan fingerprint density at radius 3 is 2.59 bits per heavy atom. The molecule has 0 spiro atoms. The van der Waals surface area contributed by atoms with Gasteiger partial charge in [0.1, 0.15) is 4.70 Å². The maximum atomic E-state index is 13.1. The molecule has 0 atom stereocenters. The van der Waals surface area contributed by atoms with Gasteiger partial charge >= 0.3 is 6.18 Å². The highest BCUT2D eigenvalue weighted by Crippen LogP contribution is 2.38. The zero-order valence-corrected chi connectivity index (χ0v) is 17.3. The summed E-state index contributed by atoms with van der Waals surface area (Å²) in [7, 11) is 0. The highest BCUT2D eigenvalue weighted by atomic mass is 32.1. The van der Waals surface area contributed by atoms with Crippen LogP contribution in [0.2, 0.25) is 0 Å². The number of rotatable bonds is 5. The van der Waals surface area contributed by atoms with E-state index < -0.39 is 33.3 Å².